The van der Waals surface area contributed by atoms with E-state index in [-0.39, 0.29) is 12.1 Å². The SMILES string of the molecule is C=CCN(CCO)C(CCC)CNC(C)(C)C. The third-order valence-corrected chi connectivity index (χ3v) is 2.76. The second kappa shape index (κ2) is 8.67. The molecule has 3 heteroatoms. The van der Waals surface area contributed by atoms with E-state index in [2.05, 4.69) is 44.5 Å². The summed E-state index contributed by atoms with van der Waals surface area (Å²) in [5, 5.41) is 12.7. The normalized spacial score (nSPS) is 14.0. The highest BCUT2D eigenvalue weighted by Crippen LogP contribution is 2.08. The fourth-order valence-electron chi connectivity index (χ4n) is 1.89. The number of aliphatic hydroxyl groups excluding tert-OH is 1. The van der Waals surface area contributed by atoms with E-state index in [1.165, 1.54) is 0 Å². The highest BCUT2D eigenvalue weighted by Gasteiger charge is 2.18. The van der Waals surface area contributed by atoms with E-state index in [0.29, 0.717) is 6.04 Å². The van der Waals surface area contributed by atoms with Crippen molar-refractivity contribution in [3.8, 4) is 0 Å². The van der Waals surface area contributed by atoms with Crippen LogP contribution in [0.1, 0.15) is 40.5 Å². The van der Waals surface area contributed by atoms with Gasteiger partial charge in [0, 0.05) is 31.2 Å². The summed E-state index contributed by atoms with van der Waals surface area (Å²) in [5.41, 5.74) is 0.144. The molecule has 1 unspecified atom stereocenters. The number of hydrogen-bond acceptors (Lipinski definition) is 3. The summed E-state index contributed by atoms with van der Waals surface area (Å²) in [4.78, 5) is 2.30. The first-order chi connectivity index (χ1) is 7.94. The van der Waals surface area contributed by atoms with Crippen LogP contribution in [0.5, 0.6) is 0 Å². The fourth-order valence-corrected chi connectivity index (χ4v) is 1.89. The van der Waals surface area contributed by atoms with Crippen LogP contribution in [0.25, 0.3) is 0 Å². The second-order valence-electron chi connectivity index (χ2n) is 5.58. The summed E-state index contributed by atoms with van der Waals surface area (Å²) < 4.78 is 0. The monoisotopic (exact) mass is 242 g/mol. The first kappa shape index (κ1) is 16.6. The van der Waals surface area contributed by atoms with Crippen LogP contribution in [0.15, 0.2) is 12.7 Å². The van der Waals surface area contributed by atoms with Gasteiger partial charge in [-0.3, -0.25) is 4.90 Å². The quantitative estimate of drug-likeness (QED) is 0.607. The van der Waals surface area contributed by atoms with Crippen molar-refractivity contribution >= 4 is 0 Å². The van der Waals surface area contributed by atoms with Crippen LogP contribution in [0.2, 0.25) is 0 Å². The van der Waals surface area contributed by atoms with Gasteiger partial charge in [0.25, 0.3) is 0 Å². The first-order valence-corrected chi connectivity index (χ1v) is 6.65. The van der Waals surface area contributed by atoms with Crippen molar-refractivity contribution in [2.75, 3.05) is 26.2 Å². The molecule has 3 nitrogen and oxygen atoms in total. The van der Waals surface area contributed by atoms with Crippen molar-refractivity contribution < 1.29 is 5.11 Å². The maximum atomic E-state index is 9.11. The Balaban J connectivity index is 4.38. The minimum Gasteiger partial charge on any atom is -0.395 e. The lowest BCUT2D eigenvalue weighted by Crippen LogP contribution is -2.48. The molecule has 1 atom stereocenters. The molecule has 0 saturated heterocycles. The van der Waals surface area contributed by atoms with Crippen LogP contribution in [-0.2, 0) is 0 Å². The van der Waals surface area contributed by atoms with E-state index in [9.17, 15) is 0 Å². The largest absolute Gasteiger partial charge is 0.395 e. The van der Waals surface area contributed by atoms with Gasteiger partial charge in [-0.25, -0.2) is 0 Å². The molecule has 0 rings (SSSR count). The molecule has 2 N–H and O–H groups in total. The fraction of sp³-hybridized carbons (Fsp3) is 0.857. The zero-order valence-electron chi connectivity index (χ0n) is 12.0. The average molecular weight is 242 g/mol. The Labute approximate surface area is 107 Å². The molecule has 0 saturated carbocycles. The number of hydrogen-bond donors (Lipinski definition) is 2. The lowest BCUT2D eigenvalue weighted by Gasteiger charge is -2.33. The van der Waals surface area contributed by atoms with Crippen LogP contribution < -0.4 is 5.32 Å². The first-order valence-electron chi connectivity index (χ1n) is 6.65. The van der Waals surface area contributed by atoms with Crippen molar-refractivity contribution in [3.63, 3.8) is 0 Å². The maximum Gasteiger partial charge on any atom is 0.0558 e. The number of nitrogens with one attached hydrogen (secondary N) is 1. The molecule has 0 bridgehead atoms. The summed E-state index contributed by atoms with van der Waals surface area (Å²) in [7, 11) is 0. The molecule has 0 aliphatic heterocycles. The standard InChI is InChI=1S/C14H30N2O/c1-6-8-13(12-15-14(3,4)5)16(9-7-2)10-11-17/h7,13,15,17H,2,6,8-12H2,1,3-5H3. The topological polar surface area (TPSA) is 35.5 Å². The lowest BCUT2D eigenvalue weighted by atomic mass is 10.1. The van der Waals surface area contributed by atoms with E-state index >= 15 is 0 Å². The molecule has 0 radical (unpaired) electrons. The number of nitrogens with zero attached hydrogens (tertiary/aromatic N) is 1. The molecule has 0 heterocycles. The van der Waals surface area contributed by atoms with Gasteiger partial charge in [0.15, 0.2) is 0 Å². The third kappa shape index (κ3) is 8.36. The molecule has 0 aliphatic rings. The summed E-state index contributed by atoms with van der Waals surface area (Å²) in [6, 6.07) is 0.476. The van der Waals surface area contributed by atoms with Crippen molar-refractivity contribution in [1.82, 2.24) is 10.2 Å². The molecule has 0 aromatic carbocycles. The van der Waals surface area contributed by atoms with E-state index < -0.39 is 0 Å². The van der Waals surface area contributed by atoms with E-state index in [1.54, 1.807) is 0 Å². The second-order valence-corrected chi connectivity index (χ2v) is 5.58. The van der Waals surface area contributed by atoms with Crippen molar-refractivity contribution in [1.29, 1.82) is 0 Å². The summed E-state index contributed by atoms with van der Waals surface area (Å²) >= 11 is 0. The molecular formula is C14H30N2O. The molecule has 17 heavy (non-hydrogen) atoms. The summed E-state index contributed by atoms with van der Waals surface area (Å²) in [5.74, 6) is 0. The van der Waals surface area contributed by atoms with Gasteiger partial charge >= 0.3 is 0 Å². The molecular weight excluding hydrogens is 212 g/mol. The number of rotatable bonds is 9. The van der Waals surface area contributed by atoms with Gasteiger partial charge in [0.2, 0.25) is 0 Å². The summed E-state index contributed by atoms with van der Waals surface area (Å²) in [6.07, 6.45) is 4.22. The lowest BCUT2D eigenvalue weighted by molar-refractivity contribution is 0.149. The molecule has 0 spiro atoms. The Bertz CT molecular complexity index is 199. The molecule has 0 aromatic rings. The highest BCUT2D eigenvalue weighted by atomic mass is 16.3. The zero-order chi connectivity index (χ0) is 13.3. The van der Waals surface area contributed by atoms with Gasteiger partial charge in [-0.15, -0.1) is 6.58 Å². The minimum absolute atomic E-state index is 0.144. The molecule has 0 fully saturated rings. The van der Waals surface area contributed by atoms with E-state index in [4.69, 9.17) is 5.11 Å². The Morgan fingerprint density at radius 2 is 2.06 bits per heavy atom. The van der Waals surface area contributed by atoms with Crippen LogP contribution in [-0.4, -0.2) is 47.8 Å². The third-order valence-electron chi connectivity index (χ3n) is 2.76. The van der Waals surface area contributed by atoms with E-state index in [0.717, 1.165) is 32.5 Å². The van der Waals surface area contributed by atoms with Crippen LogP contribution >= 0.6 is 0 Å². The van der Waals surface area contributed by atoms with Gasteiger partial charge in [0.05, 0.1) is 6.61 Å². The average Bonchev–Trinajstić information content (AvgIpc) is 2.23. The Kier molecular flexibility index (Phi) is 8.48. The Morgan fingerprint density at radius 1 is 1.41 bits per heavy atom. The zero-order valence-corrected chi connectivity index (χ0v) is 12.0. The van der Waals surface area contributed by atoms with Crippen molar-refractivity contribution in [2.24, 2.45) is 0 Å². The summed E-state index contributed by atoms with van der Waals surface area (Å²) in [6.45, 7) is 15.3. The van der Waals surface area contributed by atoms with Gasteiger partial charge in [-0.2, -0.15) is 0 Å². The maximum absolute atomic E-state index is 9.11. The predicted octanol–water partition coefficient (Wildman–Crippen LogP) is 2.02. The molecule has 0 aliphatic carbocycles. The van der Waals surface area contributed by atoms with Gasteiger partial charge in [-0.05, 0) is 27.2 Å². The molecule has 102 valence electrons. The Hall–Kier alpha value is -0.380. The van der Waals surface area contributed by atoms with Gasteiger partial charge in [0.1, 0.15) is 0 Å². The van der Waals surface area contributed by atoms with Crippen LogP contribution in [0, 0.1) is 0 Å². The van der Waals surface area contributed by atoms with E-state index in [1.807, 2.05) is 6.08 Å². The van der Waals surface area contributed by atoms with Crippen LogP contribution in [0.3, 0.4) is 0 Å². The minimum atomic E-state index is 0.144. The van der Waals surface area contributed by atoms with Crippen molar-refractivity contribution in [2.45, 2.75) is 52.1 Å². The molecule has 0 amide bonds. The number of aliphatic hydroxyl groups is 1. The van der Waals surface area contributed by atoms with Crippen LogP contribution in [0.4, 0.5) is 0 Å². The highest BCUT2D eigenvalue weighted by molar-refractivity contribution is 4.83. The predicted molar refractivity (Wildman–Crippen MR) is 75.3 cm³/mol. The van der Waals surface area contributed by atoms with Gasteiger partial charge < -0.3 is 10.4 Å². The Morgan fingerprint density at radius 3 is 2.47 bits per heavy atom. The van der Waals surface area contributed by atoms with Crippen molar-refractivity contribution in [3.05, 3.63) is 12.7 Å². The van der Waals surface area contributed by atoms with Gasteiger partial charge in [-0.1, -0.05) is 19.4 Å². The smallest absolute Gasteiger partial charge is 0.0558 e. The molecule has 0 aromatic heterocycles.